The predicted molar refractivity (Wildman–Crippen MR) is 111 cm³/mol. The third-order valence-electron chi connectivity index (χ3n) is 4.28. The Bertz CT molecular complexity index is 974. The van der Waals surface area contributed by atoms with Gasteiger partial charge in [0.1, 0.15) is 17.1 Å². The lowest BCUT2D eigenvalue weighted by atomic mass is 10.0. The summed E-state index contributed by atoms with van der Waals surface area (Å²) >= 11 is 2.68. The van der Waals surface area contributed by atoms with Gasteiger partial charge in [-0.05, 0) is 18.4 Å². The normalized spacial score (nSPS) is 20.2. The summed E-state index contributed by atoms with van der Waals surface area (Å²) < 4.78 is 4.51. The van der Waals surface area contributed by atoms with E-state index in [4.69, 9.17) is 0 Å². The lowest BCUT2D eigenvalue weighted by molar-refractivity contribution is -0.154. The van der Waals surface area contributed by atoms with Crippen LogP contribution < -0.4 is 10.7 Å². The van der Waals surface area contributed by atoms with Gasteiger partial charge in [0.05, 0.1) is 19.2 Å². The molecule has 3 rings (SSSR count). The molecule has 3 heterocycles. The van der Waals surface area contributed by atoms with E-state index in [1.807, 2.05) is 22.9 Å². The van der Waals surface area contributed by atoms with Crippen LogP contribution in [0.5, 0.6) is 0 Å². The summed E-state index contributed by atoms with van der Waals surface area (Å²) in [5, 5.41) is 17.1. The third-order valence-corrected chi connectivity index (χ3v) is 6.46. The molecule has 0 saturated carbocycles. The Balaban J connectivity index is 1.66. The molecule has 3 N–H and O–H groups in total. The van der Waals surface area contributed by atoms with Crippen LogP contribution in [-0.2, 0) is 35.1 Å². The van der Waals surface area contributed by atoms with Gasteiger partial charge in [0.25, 0.3) is 5.91 Å². The van der Waals surface area contributed by atoms with Crippen molar-refractivity contribution in [2.75, 3.05) is 12.4 Å². The number of β-lactam (4-membered cyclic amide) rings is 1. The molecule has 2 atom stereocenters. The highest BCUT2D eigenvalue weighted by Crippen LogP contribution is 2.39. The zero-order valence-corrected chi connectivity index (χ0v) is 17.8. The van der Waals surface area contributed by atoms with Crippen molar-refractivity contribution in [3.05, 3.63) is 33.7 Å². The average Bonchev–Trinajstić information content (AvgIpc) is 3.24. The number of hydrogen-bond acceptors (Lipinski definition) is 9. The number of aliphatic carboxylic acids is 1. The topological polar surface area (TPSA) is 154 Å². The van der Waals surface area contributed by atoms with Gasteiger partial charge >= 0.3 is 17.8 Å². The number of amides is 3. The van der Waals surface area contributed by atoms with E-state index >= 15 is 0 Å². The van der Waals surface area contributed by atoms with Crippen molar-refractivity contribution in [2.45, 2.75) is 24.8 Å². The Morgan fingerprint density at radius 1 is 1.39 bits per heavy atom. The van der Waals surface area contributed by atoms with Crippen LogP contribution >= 0.6 is 23.1 Å². The van der Waals surface area contributed by atoms with E-state index in [1.54, 1.807) is 0 Å². The summed E-state index contributed by atoms with van der Waals surface area (Å²) in [6.07, 6.45) is 1.21. The molecule has 11 nitrogen and oxygen atoms in total. The molecule has 0 aliphatic carbocycles. The van der Waals surface area contributed by atoms with Crippen molar-refractivity contribution in [3.8, 4) is 0 Å². The fourth-order valence-electron chi connectivity index (χ4n) is 2.95. The molecule has 1 aromatic heterocycles. The van der Waals surface area contributed by atoms with Crippen LogP contribution in [0.3, 0.4) is 0 Å². The number of nitrogens with one attached hydrogen (secondary N) is 2. The van der Waals surface area contributed by atoms with Gasteiger partial charge in [-0.3, -0.25) is 19.3 Å². The molecule has 2 aliphatic heterocycles. The number of fused-ring (bicyclic) bond motifs is 1. The number of nitrogens with zero attached hydrogens (tertiary/aromatic N) is 2. The summed E-state index contributed by atoms with van der Waals surface area (Å²) in [5.41, 5.74) is 1.84. The van der Waals surface area contributed by atoms with Crippen LogP contribution in [0, 0.1) is 0 Å². The second-order valence-corrected chi connectivity index (χ2v) is 8.45. The van der Waals surface area contributed by atoms with Gasteiger partial charge < -0.3 is 15.2 Å². The molecule has 1 saturated heterocycles. The van der Waals surface area contributed by atoms with Gasteiger partial charge in [0.15, 0.2) is 0 Å². The van der Waals surface area contributed by atoms with E-state index in [2.05, 4.69) is 15.2 Å². The van der Waals surface area contributed by atoms with Crippen LogP contribution in [0.25, 0.3) is 0 Å². The molecule has 13 heteroatoms. The summed E-state index contributed by atoms with van der Waals surface area (Å²) in [6, 6.07) is 2.81. The molecule has 1 aromatic rings. The van der Waals surface area contributed by atoms with E-state index in [-0.39, 0.29) is 36.0 Å². The summed E-state index contributed by atoms with van der Waals surface area (Å²) in [7, 11) is 0. The van der Waals surface area contributed by atoms with E-state index < -0.39 is 35.2 Å². The minimum Gasteiger partial charge on any atom is -0.477 e. The van der Waals surface area contributed by atoms with Crippen molar-refractivity contribution in [3.63, 3.8) is 0 Å². The standard InChI is InChI=1S/C18H18N4O7S2/c1-2-29-18(28)14(24)21-19-7-9-8-31-16-12(15(25)22(16)13(9)17(26)27)20-11(23)6-10-4-3-5-30-10/h3-5,7,12,16H,2,6,8H2,1H3,(H,20,23)(H,21,24)(H,26,27)/t12?,16-/m1/s1. The van der Waals surface area contributed by atoms with Gasteiger partial charge in [-0.1, -0.05) is 6.07 Å². The van der Waals surface area contributed by atoms with Gasteiger partial charge in [-0.15, -0.1) is 23.1 Å². The van der Waals surface area contributed by atoms with Gasteiger partial charge in [-0.2, -0.15) is 5.10 Å². The number of hydrazone groups is 1. The molecule has 0 radical (unpaired) electrons. The molecular weight excluding hydrogens is 448 g/mol. The maximum atomic E-state index is 12.6. The monoisotopic (exact) mass is 466 g/mol. The number of carboxylic acid groups (broad SMARTS) is 1. The Kier molecular flexibility index (Phi) is 7.07. The molecule has 1 fully saturated rings. The molecule has 2 aliphatic rings. The summed E-state index contributed by atoms with van der Waals surface area (Å²) in [6.45, 7) is 1.56. The largest absolute Gasteiger partial charge is 0.477 e. The van der Waals surface area contributed by atoms with Crippen LogP contribution in [0.15, 0.2) is 33.9 Å². The zero-order chi connectivity index (χ0) is 22.5. The van der Waals surface area contributed by atoms with E-state index in [0.29, 0.717) is 0 Å². The number of hydrogen-bond donors (Lipinski definition) is 3. The maximum absolute atomic E-state index is 12.6. The second kappa shape index (κ2) is 9.75. The first-order valence-electron chi connectivity index (χ1n) is 9.06. The quantitative estimate of drug-likeness (QED) is 0.163. The van der Waals surface area contributed by atoms with Crippen molar-refractivity contribution in [1.82, 2.24) is 15.6 Å². The van der Waals surface area contributed by atoms with Crippen LogP contribution in [0.2, 0.25) is 0 Å². The number of carbonyl (C=O) groups excluding carboxylic acids is 4. The fourth-order valence-corrected chi connectivity index (χ4v) is 4.95. The van der Waals surface area contributed by atoms with Crippen LogP contribution in [0.1, 0.15) is 11.8 Å². The molecule has 1 unspecified atom stereocenters. The Labute approximate surface area is 184 Å². The first-order chi connectivity index (χ1) is 14.8. The highest BCUT2D eigenvalue weighted by atomic mass is 32.2. The number of esters is 1. The van der Waals surface area contributed by atoms with E-state index in [9.17, 15) is 29.1 Å². The Morgan fingerprint density at radius 2 is 2.16 bits per heavy atom. The smallest absolute Gasteiger partial charge is 0.398 e. The predicted octanol–water partition coefficient (Wildman–Crippen LogP) is -0.306. The van der Waals surface area contributed by atoms with E-state index in [1.165, 1.54) is 30.0 Å². The zero-order valence-electron chi connectivity index (χ0n) is 16.2. The molecule has 164 valence electrons. The SMILES string of the molecule is CCOC(=O)C(=O)NN=CC1=C(C(=O)O)N2C(=O)C(NC(=O)Cc3cccs3)[C@H]2SC1. The first kappa shape index (κ1) is 22.5. The molecule has 0 spiro atoms. The van der Waals surface area contributed by atoms with Gasteiger partial charge in [0.2, 0.25) is 5.91 Å². The van der Waals surface area contributed by atoms with E-state index in [0.717, 1.165) is 16.0 Å². The van der Waals surface area contributed by atoms with Crippen LogP contribution in [-0.4, -0.2) is 69.7 Å². The molecule has 0 bridgehead atoms. The van der Waals surface area contributed by atoms with Gasteiger partial charge in [-0.25, -0.2) is 15.0 Å². The lowest BCUT2D eigenvalue weighted by Gasteiger charge is -2.49. The fraction of sp³-hybridized carbons (Fsp3) is 0.333. The number of ether oxygens (including phenoxy) is 1. The minimum atomic E-state index is -1.35. The Morgan fingerprint density at radius 3 is 2.81 bits per heavy atom. The number of thioether (sulfide) groups is 1. The molecule has 3 amide bonds. The first-order valence-corrected chi connectivity index (χ1v) is 11.0. The Hall–Kier alpha value is -3.19. The highest BCUT2D eigenvalue weighted by molar-refractivity contribution is 8.00. The average molecular weight is 466 g/mol. The maximum Gasteiger partial charge on any atom is 0.398 e. The number of rotatable bonds is 7. The molecule has 0 aromatic carbocycles. The summed E-state index contributed by atoms with van der Waals surface area (Å²) in [5.74, 6) is -4.27. The second-order valence-electron chi connectivity index (χ2n) is 6.31. The number of thiophene rings is 1. The van der Waals surface area contributed by atoms with Crippen LogP contribution in [0.4, 0.5) is 0 Å². The number of carboxylic acids is 1. The molecule has 31 heavy (non-hydrogen) atoms. The highest BCUT2D eigenvalue weighted by Gasteiger charge is 2.54. The van der Waals surface area contributed by atoms with Crippen molar-refractivity contribution in [1.29, 1.82) is 0 Å². The van der Waals surface area contributed by atoms with Gasteiger partial charge in [0, 0.05) is 16.2 Å². The van der Waals surface area contributed by atoms with Crippen molar-refractivity contribution in [2.24, 2.45) is 5.10 Å². The third kappa shape index (κ3) is 4.94. The summed E-state index contributed by atoms with van der Waals surface area (Å²) in [4.78, 5) is 61.2. The lowest BCUT2D eigenvalue weighted by Crippen LogP contribution is -2.70. The number of carbonyl (C=O) groups is 5. The van der Waals surface area contributed by atoms with Crippen molar-refractivity contribution >= 4 is 59.0 Å². The minimum absolute atomic E-state index is 0.0183. The van der Waals surface area contributed by atoms with Crippen molar-refractivity contribution < 1.29 is 33.8 Å². The molecular formula is C18H18N4O7S2.